The van der Waals surface area contributed by atoms with Crippen molar-refractivity contribution in [1.29, 1.82) is 0 Å². The number of H-pyrrole nitrogens is 1. The number of anilines is 1. The van der Waals surface area contributed by atoms with Crippen LogP contribution in [0.3, 0.4) is 0 Å². The maximum absolute atomic E-state index is 14.2. The fourth-order valence-corrected chi connectivity index (χ4v) is 2.85. The zero-order chi connectivity index (χ0) is 19.8. The van der Waals surface area contributed by atoms with Gasteiger partial charge in [-0.1, -0.05) is 12.1 Å². The average Bonchev–Trinajstić information content (AvgIpc) is 2.99. The SMILES string of the molecule is CN(C)Cc1ccc(CNc2nc3c(cnn3C(C)(C)C)c(=O)[nH]2)cc1F. The van der Waals surface area contributed by atoms with Crippen LogP contribution in [-0.4, -0.2) is 38.7 Å². The molecule has 3 aromatic rings. The Labute approximate surface area is 157 Å². The Morgan fingerprint density at radius 1 is 1.30 bits per heavy atom. The summed E-state index contributed by atoms with van der Waals surface area (Å²) in [6.07, 6.45) is 1.52. The largest absolute Gasteiger partial charge is 0.352 e. The molecule has 8 heteroatoms. The molecule has 0 aliphatic rings. The van der Waals surface area contributed by atoms with E-state index in [4.69, 9.17) is 0 Å². The Kier molecular flexibility index (Phi) is 5.01. The number of aromatic nitrogens is 4. The predicted molar refractivity (Wildman–Crippen MR) is 104 cm³/mol. The topological polar surface area (TPSA) is 78.8 Å². The second-order valence-electron chi connectivity index (χ2n) is 7.90. The smallest absolute Gasteiger partial charge is 0.263 e. The number of hydrogen-bond donors (Lipinski definition) is 2. The van der Waals surface area contributed by atoms with Gasteiger partial charge in [0.1, 0.15) is 11.2 Å². The molecule has 2 aromatic heterocycles. The Balaban J connectivity index is 1.83. The maximum atomic E-state index is 14.2. The van der Waals surface area contributed by atoms with Gasteiger partial charge in [-0.25, -0.2) is 9.07 Å². The summed E-state index contributed by atoms with van der Waals surface area (Å²) in [5.74, 6) is 0.0852. The van der Waals surface area contributed by atoms with Crippen molar-refractivity contribution in [2.75, 3.05) is 19.4 Å². The van der Waals surface area contributed by atoms with Crippen LogP contribution in [0.4, 0.5) is 10.3 Å². The molecule has 2 heterocycles. The monoisotopic (exact) mass is 372 g/mol. The Morgan fingerprint density at radius 2 is 2.04 bits per heavy atom. The third kappa shape index (κ3) is 4.16. The molecule has 0 saturated carbocycles. The van der Waals surface area contributed by atoms with Gasteiger partial charge >= 0.3 is 0 Å². The van der Waals surface area contributed by atoms with Gasteiger partial charge in [-0.2, -0.15) is 10.1 Å². The molecule has 0 atom stereocenters. The molecular formula is C19H25FN6O. The van der Waals surface area contributed by atoms with Crippen molar-refractivity contribution in [3.05, 3.63) is 51.7 Å². The van der Waals surface area contributed by atoms with Gasteiger partial charge < -0.3 is 10.2 Å². The number of nitrogens with one attached hydrogen (secondary N) is 2. The fourth-order valence-electron chi connectivity index (χ4n) is 2.85. The number of fused-ring (bicyclic) bond motifs is 1. The Bertz CT molecular complexity index is 1020. The van der Waals surface area contributed by atoms with Crippen molar-refractivity contribution in [2.45, 2.75) is 39.4 Å². The number of nitrogens with zero attached hydrogens (tertiary/aromatic N) is 4. The van der Waals surface area contributed by atoms with Crippen LogP contribution in [0.15, 0.2) is 29.2 Å². The minimum atomic E-state index is -0.300. The standard InChI is InChI=1S/C19H25FN6O/c1-19(2,3)26-16-14(10-22-26)17(27)24-18(23-16)21-9-12-6-7-13(11-25(4)5)15(20)8-12/h6-8,10H,9,11H2,1-5H3,(H2,21,23,24,27). The molecule has 1 aromatic carbocycles. The number of halogens is 1. The van der Waals surface area contributed by atoms with Crippen LogP contribution in [0.2, 0.25) is 0 Å². The summed E-state index contributed by atoms with van der Waals surface area (Å²) in [5.41, 5.74) is 1.37. The van der Waals surface area contributed by atoms with Crippen molar-refractivity contribution in [3.63, 3.8) is 0 Å². The van der Waals surface area contributed by atoms with E-state index in [2.05, 4.69) is 20.4 Å². The van der Waals surface area contributed by atoms with E-state index in [0.717, 1.165) is 5.56 Å². The highest BCUT2D eigenvalue weighted by molar-refractivity contribution is 5.74. The Hall–Kier alpha value is -2.74. The number of hydrogen-bond acceptors (Lipinski definition) is 5. The first-order chi connectivity index (χ1) is 12.6. The highest BCUT2D eigenvalue weighted by Crippen LogP contribution is 2.19. The van der Waals surface area contributed by atoms with Crippen molar-refractivity contribution < 1.29 is 4.39 Å². The van der Waals surface area contributed by atoms with E-state index in [-0.39, 0.29) is 16.9 Å². The quantitative estimate of drug-likeness (QED) is 0.720. The van der Waals surface area contributed by atoms with E-state index < -0.39 is 0 Å². The van der Waals surface area contributed by atoms with Crippen LogP contribution in [0.5, 0.6) is 0 Å². The number of benzene rings is 1. The Morgan fingerprint density at radius 3 is 2.67 bits per heavy atom. The van der Waals surface area contributed by atoms with Crippen LogP contribution < -0.4 is 10.9 Å². The second-order valence-corrected chi connectivity index (χ2v) is 7.90. The van der Waals surface area contributed by atoms with E-state index in [1.165, 1.54) is 12.3 Å². The molecule has 0 aliphatic heterocycles. The highest BCUT2D eigenvalue weighted by Gasteiger charge is 2.19. The van der Waals surface area contributed by atoms with Gasteiger partial charge in [0.2, 0.25) is 5.95 Å². The lowest BCUT2D eigenvalue weighted by molar-refractivity contribution is 0.366. The molecule has 0 fully saturated rings. The van der Waals surface area contributed by atoms with Crippen LogP contribution >= 0.6 is 0 Å². The van der Waals surface area contributed by atoms with Crippen molar-refractivity contribution in [1.82, 2.24) is 24.6 Å². The molecule has 27 heavy (non-hydrogen) atoms. The minimum absolute atomic E-state index is 0.245. The first kappa shape index (κ1) is 19.0. The molecule has 7 nitrogen and oxygen atoms in total. The third-order valence-electron chi connectivity index (χ3n) is 4.14. The summed E-state index contributed by atoms with van der Waals surface area (Å²) in [7, 11) is 3.80. The summed E-state index contributed by atoms with van der Waals surface area (Å²) in [6, 6.07) is 5.15. The summed E-state index contributed by atoms with van der Waals surface area (Å²) in [6.45, 7) is 6.87. The van der Waals surface area contributed by atoms with Gasteiger partial charge in [0.05, 0.1) is 11.7 Å². The molecule has 0 spiro atoms. The van der Waals surface area contributed by atoms with Crippen molar-refractivity contribution in [2.24, 2.45) is 0 Å². The lowest BCUT2D eigenvalue weighted by Crippen LogP contribution is -2.24. The van der Waals surface area contributed by atoms with Gasteiger partial charge in [-0.3, -0.25) is 9.78 Å². The van der Waals surface area contributed by atoms with Crippen molar-refractivity contribution >= 4 is 17.0 Å². The highest BCUT2D eigenvalue weighted by atomic mass is 19.1. The molecule has 0 saturated heterocycles. The van der Waals surface area contributed by atoms with Crippen LogP contribution in [0.1, 0.15) is 31.9 Å². The van der Waals surface area contributed by atoms with Gasteiger partial charge in [-0.05, 0) is 46.5 Å². The predicted octanol–water partition coefficient (Wildman–Crippen LogP) is 2.69. The third-order valence-corrected chi connectivity index (χ3v) is 4.14. The van der Waals surface area contributed by atoms with Gasteiger partial charge in [0, 0.05) is 18.7 Å². The van der Waals surface area contributed by atoms with Crippen LogP contribution in [0.25, 0.3) is 11.0 Å². The molecule has 0 radical (unpaired) electrons. The van der Waals surface area contributed by atoms with Crippen molar-refractivity contribution in [3.8, 4) is 0 Å². The van der Waals surface area contributed by atoms with E-state index in [0.29, 0.717) is 35.6 Å². The molecule has 0 bridgehead atoms. The number of rotatable bonds is 5. The lowest BCUT2D eigenvalue weighted by atomic mass is 10.1. The fraction of sp³-hybridized carbons (Fsp3) is 0.421. The zero-order valence-corrected chi connectivity index (χ0v) is 16.3. The molecule has 0 unspecified atom stereocenters. The second kappa shape index (κ2) is 7.11. The zero-order valence-electron chi connectivity index (χ0n) is 16.3. The minimum Gasteiger partial charge on any atom is -0.352 e. The molecule has 0 amide bonds. The first-order valence-electron chi connectivity index (χ1n) is 8.79. The average molecular weight is 372 g/mol. The lowest BCUT2D eigenvalue weighted by Gasteiger charge is -2.19. The van der Waals surface area contributed by atoms with Gasteiger partial charge in [0.15, 0.2) is 5.65 Å². The van der Waals surface area contributed by atoms with E-state index in [1.54, 1.807) is 10.7 Å². The normalized spacial score (nSPS) is 12.1. The summed E-state index contributed by atoms with van der Waals surface area (Å²) >= 11 is 0. The van der Waals surface area contributed by atoms with E-state index in [1.807, 2.05) is 45.8 Å². The molecular weight excluding hydrogens is 347 g/mol. The van der Waals surface area contributed by atoms with E-state index in [9.17, 15) is 9.18 Å². The summed E-state index contributed by atoms with van der Waals surface area (Å²) in [5, 5.41) is 7.79. The molecule has 144 valence electrons. The van der Waals surface area contributed by atoms with Crippen LogP contribution in [-0.2, 0) is 18.6 Å². The summed E-state index contributed by atoms with van der Waals surface area (Å²) in [4.78, 5) is 21.4. The van der Waals surface area contributed by atoms with Gasteiger partial charge in [0.25, 0.3) is 5.56 Å². The molecule has 3 rings (SSSR count). The first-order valence-corrected chi connectivity index (χ1v) is 8.79. The number of aromatic amines is 1. The maximum Gasteiger partial charge on any atom is 0.263 e. The summed E-state index contributed by atoms with van der Waals surface area (Å²) < 4.78 is 15.9. The molecule has 0 aliphatic carbocycles. The van der Waals surface area contributed by atoms with Gasteiger partial charge in [-0.15, -0.1) is 0 Å². The molecule has 2 N–H and O–H groups in total. The van der Waals surface area contributed by atoms with E-state index >= 15 is 0 Å². The van der Waals surface area contributed by atoms with Crippen LogP contribution in [0, 0.1) is 5.82 Å².